The number of anilines is 2. The molecule has 0 radical (unpaired) electrons. The third-order valence-corrected chi connectivity index (χ3v) is 7.10. The Hall–Kier alpha value is -3.00. The predicted octanol–water partition coefficient (Wildman–Crippen LogP) is 6.64. The van der Waals surface area contributed by atoms with Crippen LogP contribution in [0.15, 0.2) is 91.0 Å². The molecule has 3 aliphatic rings. The minimum atomic E-state index is -0.0393. The Kier molecular flexibility index (Phi) is 3.80. The Morgan fingerprint density at radius 2 is 1.52 bits per heavy atom. The molecule has 144 valence electrons. The number of fused-ring (bicyclic) bond motifs is 2. The van der Waals surface area contributed by atoms with Crippen molar-refractivity contribution >= 4 is 17.1 Å². The zero-order valence-corrected chi connectivity index (χ0v) is 16.6. The fourth-order valence-corrected chi connectivity index (χ4v) is 5.91. The molecule has 0 unspecified atom stereocenters. The van der Waals surface area contributed by atoms with E-state index in [-0.39, 0.29) is 5.66 Å². The summed E-state index contributed by atoms with van der Waals surface area (Å²) >= 11 is 0. The van der Waals surface area contributed by atoms with Crippen molar-refractivity contribution in [2.24, 2.45) is 5.92 Å². The van der Waals surface area contributed by atoms with Crippen molar-refractivity contribution in [2.75, 3.05) is 10.2 Å². The number of nitrogens with one attached hydrogen (secondary N) is 1. The van der Waals surface area contributed by atoms with E-state index in [1.165, 1.54) is 53.9 Å². The molecular formula is C27H26N2. The van der Waals surface area contributed by atoms with Gasteiger partial charge in [0.2, 0.25) is 0 Å². The average molecular weight is 379 g/mol. The molecule has 1 N–H and O–H groups in total. The van der Waals surface area contributed by atoms with Gasteiger partial charge in [-0.2, -0.15) is 0 Å². The minimum Gasteiger partial charge on any atom is -0.360 e. The van der Waals surface area contributed by atoms with Crippen LogP contribution in [0.3, 0.4) is 0 Å². The quantitative estimate of drug-likeness (QED) is 0.537. The highest BCUT2D eigenvalue weighted by Crippen LogP contribution is 2.58. The molecule has 2 aliphatic heterocycles. The molecule has 6 rings (SSSR count). The van der Waals surface area contributed by atoms with Gasteiger partial charge in [0.25, 0.3) is 0 Å². The standard InChI is InChI=1S/C27H26N2/c1-3-11-20(12-4-1)22-19-26(21-13-5-2-6-14-21)29-25-17-8-7-16-24(25)28-27(29)18-10-9-15-23(22)27/h1-8,11-14,16-17,19,22-23,28H,9-10,15,18H2/t22-,23+,27+/m0/s1. The van der Waals surface area contributed by atoms with Crippen LogP contribution in [0.2, 0.25) is 0 Å². The molecule has 0 saturated heterocycles. The van der Waals surface area contributed by atoms with Crippen molar-refractivity contribution in [3.05, 3.63) is 102 Å². The molecule has 0 amide bonds. The molecule has 3 aromatic rings. The van der Waals surface area contributed by atoms with Crippen LogP contribution in [0.5, 0.6) is 0 Å². The number of nitrogens with zero attached hydrogens (tertiary/aromatic N) is 1. The molecule has 2 heterocycles. The summed E-state index contributed by atoms with van der Waals surface area (Å²) in [5.41, 5.74) is 6.63. The highest BCUT2D eigenvalue weighted by atomic mass is 15.4. The van der Waals surface area contributed by atoms with E-state index in [2.05, 4.69) is 101 Å². The Bertz CT molecular complexity index is 1060. The van der Waals surface area contributed by atoms with E-state index in [1.807, 2.05) is 0 Å². The molecule has 29 heavy (non-hydrogen) atoms. The Morgan fingerprint density at radius 3 is 2.34 bits per heavy atom. The molecule has 2 heteroatoms. The van der Waals surface area contributed by atoms with E-state index >= 15 is 0 Å². The van der Waals surface area contributed by atoms with Crippen LogP contribution in [-0.2, 0) is 0 Å². The summed E-state index contributed by atoms with van der Waals surface area (Å²) in [5, 5.41) is 4.04. The van der Waals surface area contributed by atoms with Gasteiger partial charge in [-0.15, -0.1) is 0 Å². The number of rotatable bonds is 2. The van der Waals surface area contributed by atoms with Crippen LogP contribution in [0, 0.1) is 5.92 Å². The number of hydrogen-bond acceptors (Lipinski definition) is 2. The van der Waals surface area contributed by atoms with E-state index in [1.54, 1.807) is 0 Å². The van der Waals surface area contributed by atoms with Crippen molar-refractivity contribution < 1.29 is 0 Å². The maximum Gasteiger partial charge on any atom is 0.119 e. The minimum absolute atomic E-state index is 0.0393. The summed E-state index contributed by atoms with van der Waals surface area (Å²) in [6.45, 7) is 0. The van der Waals surface area contributed by atoms with Gasteiger partial charge in [0.1, 0.15) is 5.66 Å². The molecule has 1 saturated carbocycles. The lowest BCUT2D eigenvalue weighted by Crippen LogP contribution is -2.60. The van der Waals surface area contributed by atoms with E-state index in [0.717, 1.165) is 0 Å². The summed E-state index contributed by atoms with van der Waals surface area (Å²) in [5.74, 6) is 0.975. The Balaban J connectivity index is 1.61. The molecule has 0 bridgehead atoms. The van der Waals surface area contributed by atoms with Crippen LogP contribution in [-0.4, -0.2) is 5.66 Å². The van der Waals surface area contributed by atoms with Crippen LogP contribution >= 0.6 is 0 Å². The third-order valence-electron chi connectivity index (χ3n) is 7.10. The Labute approximate surface area is 172 Å². The van der Waals surface area contributed by atoms with Gasteiger partial charge in [0, 0.05) is 17.5 Å². The summed E-state index contributed by atoms with van der Waals surface area (Å²) in [7, 11) is 0. The molecule has 3 atom stereocenters. The van der Waals surface area contributed by atoms with Gasteiger partial charge < -0.3 is 10.2 Å². The second-order valence-electron chi connectivity index (χ2n) is 8.61. The summed E-state index contributed by atoms with van der Waals surface area (Å²) < 4.78 is 0. The largest absolute Gasteiger partial charge is 0.360 e. The maximum atomic E-state index is 4.04. The van der Waals surface area contributed by atoms with Crippen molar-refractivity contribution in [1.82, 2.24) is 0 Å². The SMILES string of the molecule is C1=C(c2ccccc2)N2c3ccccc3N[C@]23CCCC[C@@H]3[C@@H]1c1ccccc1. The van der Waals surface area contributed by atoms with Crippen molar-refractivity contribution in [3.8, 4) is 0 Å². The van der Waals surface area contributed by atoms with Gasteiger partial charge in [0.05, 0.1) is 11.4 Å². The molecule has 3 aromatic carbocycles. The number of benzene rings is 3. The van der Waals surface area contributed by atoms with Crippen LogP contribution in [0.4, 0.5) is 11.4 Å². The van der Waals surface area contributed by atoms with Gasteiger partial charge in [-0.3, -0.25) is 0 Å². The average Bonchev–Trinajstić information content (AvgIpc) is 3.13. The highest BCUT2D eigenvalue weighted by molar-refractivity contribution is 5.93. The first-order valence-corrected chi connectivity index (χ1v) is 10.9. The fourth-order valence-electron chi connectivity index (χ4n) is 5.91. The first-order chi connectivity index (χ1) is 14.4. The second kappa shape index (κ2) is 6.52. The van der Waals surface area contributed by atoms with Gasteiger partial charge in [-0.05, 0) is 42.5 Å². The summed E-state index contributed by atoms with van der Waals surface area (Å²) in [6, 6.07) is 30.9. The first-order valence-electron chi connectivity index (χ1n) is 10.9. The van der Waals surface area contributed by atoms with Gasteiger partial charge in [-0.1, -0.05) is 85.3 Å². The molecule has 1 spiro atoms. The summed E-state index contributed by atoms with van der Waals surface area (Å²) in [6.07, 6.45) is 7.58. The zero-order chi connectivity index (χ0) is 19.3. The van der Waals surface area contributed by atoms with Gasteiger partial charge in [0.15, 0.2) is 0 Å². The Morgan fingerprint density at radius 1 is 0.793 bits per heavy atom. The predicted molar refractivity (Wildman–Crippen MR) is 121 cm³/mol. The zero-order valence-electron chi connectivity index (χ0n) is 16.6. The first kappa shape index (κ1) is 16.9. The fraction of sp³-hybridized carbons (Fsp3) is 0.259. The van der Waals surface area contributed by atoms with E-state index in [4.69, 9.17) is 0 Å². The van der Waals surface area contributed by atoms with Crippen molar-refractivity contribution in [1.29, 1.82) is 0 Å². The topological polar surface area (TPSA) is 15.3 Å². The summed E-state index contributed by atoms with van der Waals surface area (Å²) in [4.78, 5) is 2.64. The lowest BCUT2D eigenvalue weighted by Gasteiger charge is -2.54. The highest BCUT2D eigenvalue weighted by Gasteiger charge is 2.56. The maximum absolute atomic E-state index is 4.04. The normalized spacial score (nSPS) is 27.3. The third kappa shape index (κ3) is 2.48. The van der Waals surface area contributed by atoms with Gasteiger partial charge in [-0.25, -0.2) is 0 Å². The molecular weight excluding hydrogens is 352 g/mol. The number of hydrogen-bond donors (Lipinski definition) is 1. The number of para-hydroxylation sites is 2. The van der Waals surface area contributed by atoms with Gasteiger partial charge >= 0.3 is 0 Å². The molecule has 2 nitrogen and oxygen atoms in total. The van der Waals surface area contributed by atoms with E-state index in [0.29, 0.717) is 11.8 Å². The van der Waals surface area contributed by atoms with Crippen LogP contribution in [0.1, 0.15) is 42.7 Å². The second-order valence-corrected chi connectivity index (χ2v) is 8.61. The van der Waals surface area contributed by atoms with Crippen molar-refractivity contribution in [2.45, 2.75) is 37.3 Å². The van der Waals surface area contributed by atoms with Crippen LogP contribution < -0.4 is 10.2 Å². The molecule has 0 aromatic heterocycles. The smallest absolute Gasteiger partial charge is 0.119 e. The van der Waals surface area contributed by atoms with Crippen LogP contribution in [0.25, 0.3) is 5.70 Å². The lowest BCUT2D eigenvalue weighted by molar-refractivity contribution is 0.198. The monoisotopic (exact) mass is 378 g/mol. The molecule has 1 aliphatic carbocycles. The van der Waals surface area contributed by atoms with E-state index in [9.17, 15) is 0 Å². The van der Waals surface area contributed by atoms with Crippen molar-refractivity contribution in [3.63, 3.8) is 0 Å². The molecule has 1 fully saturated rings. The number of allylic oxidation sites excluding steroid dienone is 1. The lowest BCUT2D eigenvalue weighted by atomic mass is 9.66. The van der Waals surface area contributed by atoms with E-state index < -0.39 is 0 Å².